The third-order valence-electron chi connectivity index (χ3n) is 6.49. The zero-order chi connectivity index (χ0) is 23.4. The summed E-state index contributed by atoms with van der Waals surface area (Å²) in [4.78, 5) is 36.3. The quantitative estimate of drug-likeness (QED) is 0.488. The van der Waals surface area contributed by atoms with Gasteiger partial charge in [-0.3, -0.25) is 9.59 Å². The van der Waals surface area contributed by atoms with E-state index in [1.807, 2.05) is 48.5 Å². The summed E-state index contributed by atoms with van der Waals surface area (Å²) in [6.45, 7) is 0.304. The Morgan fingerprint density at radius 3 is 2.21 bits per heavy atom. The van der Waals surface area contributed by atoms with E-state index in [4.69, 9.17) is 4.74 Å². The second kappa shape index (κ2) is 10.0. The highest BCUT2D eigenvalue weighted by Crippen LogP contribution is 2.44. The Morgan fingerprint density at radius 2 is 1.64 bits per heavy atom. The van der Waals surface area contributed by atoms with Gasteiger partial charge in [0.1, 0.15) is 12.6 Å². The van der Waals surface area contributed by atoms with Crippen molar-refractivity contribution in [1.29, 1.82) is 0 Å². The standard InChI is InChI=1S/C25H28N2O6/c28-22-11-5-6-15(22)13-26-24(31)21(12-23(29)30)27-25(32)33-14-20-18-9-3-1-7-16(18)17-8-2-4-10-19(17)20/h1-4,7-10,15,20-22,28H,5-6,11-14H2,(H,26,31)(H,27,32)(H,29,30). The maximum Gasteiger partial charge on any atom is 0.407 e. The van der Waals surface area contributed by atoms with Crippen LogP contribution in [-0.4, -0.2) is 53.5 Å². The number of rotatable bonds is 8. The summed E-state index contributed by atoms with van der Waals surface area (Å²) in [6, 6.07) is 14.6. The lowest BCUT2D eigenvalue weighted by Crippen LogP contribution is -2.49. The number of carbonyl (C=O) groups is 3. The van der Waals surface area contributed by atoms with Gasteiger partial charge in [0.05, 0.1) is 12.5 Å². The van der Waals surface area contributed by atoms with Gasteiger partial charge >= 0.3 is 12.1 Å². The van der Waals surface area contributed by atoms with E-state index in [1.165, 1.54) is 0 Å². The summed E-state index contributed by atoms with van der Waals surface area (Å²) in [5.41, 5.74) is 4.31. The van der Waals surface area contributed by atoms with Crippen LogP contribution in [0.25, 0.3) is 11.1 Å². The van der Waals surface area contributed by atoms with Crippen LogP contribution < -0.4 is 10.6 Å². The van der Waals surface area contributed by atoms with Crippen molar-refractivity contribution in [3.05, 3.63) is 59.7 Å². The molecule has 2 aromatic carbocycles. The fraction of sp³-hybridized carbons (Fsp3) is 0.400. The minimum atomic E-state index is -1.27. The maximum atomic E-state index is 12.5. The molecule has 8 nitrogen and oxygen atoms in total. The second-order valence-electron chi connectivity index (χ2n) is 8.62. The van der Waals surface area contributed by atoms with Crippen molar-refractivity contribution in [2.24, 2.45) is 5.92 Å². The van der Waals surface area contributed by atoms with Crippen LogP contribution in [0.3, 0.4) is 0 Å². The van der Waals surface area contributed by atoms with E-state index < -0.39 is 36.5 Å². The van der Waals surface area contributed by atoms with E-state index in [2.05, 4.69) is 10.6 Å². The molecular formula is C25H28N2O6. The molecule has 3 unspecified atom stereocenters. The Balaban J connectivity index is 1.37. The van der Waals surface area contributed by atoms with Crippen LogP contribution in [0, 0.1) is 5.92 Å². The molecule has 4 rings (SSSR count). The highest BCUT2D eigenvalue weighted by Gasteiger charge is 2.31. The molecule has 2 aromatic rings. The number of fused-ring (bicyclic) bond motifs is 3. The lowest BCUT2D eigenvalue weighted by molar-refractivity contribution is -0.139. The maximum absolute atomic E-state index is 12.5. The molecule has 4 N–H and O–H groups in total. The van der Waals surface area contributed by atoms with E-state index in [1.54, 1.807) is 0 Å². The molecule has 0 saturated heterocycles. The predicted molar refractivity (Wildman–Crippen MR) is 121 cm³/mol. The lowest BCUT2D eigenvalue weighted by Gasteiger charge is -2.20. The predicted octanol–water partition coefficient (Wildman–Crippen LogP) is 2.65. The Kier molecular flexibility index (Phi) is 6.93. The number of amides is 2. The number of aliphatic carboxylic acids is 1. The van der Waals surface area contributed by atoms with Gasteiger partial charge in [-0.05, 0) is 35.1 Å². The molecule has 3 atom stereocenters. The largest absolute Gasteiger partial charge is 0.481 e. The average molecular weight is 453 g/mol. The van der Waals surface area contributed by atoms with Crippen molar-refractivity contribution in [3.63, 3.8) is 0 Å². The molecule has 0 aromatic heterocycles. The Hall–Kier alpha value is -3.39. The summed E-state index contributed by atoms with van der Waals surface area (Å²) in [6.07, 6.45) is 0.487. The molecule has 8 heteroatoms. The van der Waals surface area contributed by atoms with Crippen molar-refractivity contribution < 1.29 is 29.3 Å². The van der Waals surface area contributed by atoms with Gasteiger partial charge in [0, 0.05) is 18.4 Å². The Morgan fingerprint density at radius 1 is 1.00 bits per heavy atom. The third-order valence-corrected chi connectivity index (χ3v) is 6.49. The second-order valence-corrected chi connectivity index (χ2v) is 8.62. The number of ether oxygens (including phenoxy) is 1. The minimum Gasteiger partial charge on any atom is -0.481 e. The van der Waals surface area contributed by atoms with E-state index >= 15 is 0 Å². The first-order valence-corrected chi connectivity index (χ1v) is 11.2. The average Bonchev–Trinajstić information content (AvgIpc) is 3.36. The van der Waals surface area contributed by atoms with Gasteiger partial charge < -0.3 is 25.6 Å². The monoisotopic (exact) mass is 452 g/mol. The molecule has 0 heterocycles. The molecule has 2 amide bonds. The fourth-order valence-corrected chi connectivity index (χ4v) is 4.78. The molecule has 174 valence electrons. The molecule has 33 heavy (non-hydrogen) atoms. The van der Waals surface area contributed by atoms with Gasteiger partial charge in [0.15, 0.2) is 0 Å². The van der Waals surface area contributed by atoms with Gasteiger partial charge in [-0.2, -0.15) is 0 Å². The van der Waals surface area contributed by atoms with Crippen LogP contribution in [0.1, 0.15) is 42.7 Å². The van der Waals surface area contributed by atoms with E-state index in [-0.39, 0.29) is 25.0 Å². The number of hydrogen-bond acceptors (Lipinski definition) is 5. The Bertz CT molecular complexity index is 994. The topological polar surface area (TPSA) is 125 Å². The first-order chi connectivity index (χ1) is 15.9. The van der Waals surface area contributed by atoms with Crippen molar-refractivity contribution in [1.82, 2.24) is 10.6 Å². The number of hydrogen-bond donors (Lipinski definition) is 4. The zero-order valence-electron chi connectivity index (χ0n) is 18.2. The highest BCUT2D eigenvalue weighted by atomic mass is 16.5. The highest BCUT2D eigenvalue weighted by molar-refractivity contribution is 5.89. The Labute approximate surface area is 192 Å². The summed E-state index contributed by atoms with van der Waals surface area (Å²) in [5, 5.41) is 24.1. The van der Waals surface area contributed by atoms with Crippen molar-refractivity contribution in [2.45, 2.75) is 43.7 Å². The van der Waals surface area contributed by atoms with Gasteiger partial charge in [-0.1, -0.05) is 55.0 Å². The molecule has 1 fully saturated rings. The van der Waals surface area contributed by atoms with Gasteiger partial charge in [0.2, 0.25) is 5.91 Å². The van der Waals surface area contributed by atoms with Gasteiger partial charge in [-0.25, -0.2) is 4.79 Å². The molecule has 0 aliphatic heterocycles. The van der Waals surface area contributed by atoms with Crippen LogP contribution in [0.5, 0.6) is 0 Å². The van der Waals surface area contributed by atoms with Crippen LogP contribution in [0.2, 0.25) is 0 Å². The molecule has 1 saturated carbocycles. The summed E-state index contributed by atoms with van der Waals surface area (Å²) < 4.78 is 5.43. The number of aliphatic hydroxyl groups excluding tert-OH is 1. The number of nitrogens with one attached hydrogen (secondary N) is 2. The zero-order valence-corrected chi connectivity index (χ0v) is 18.2. The summed E-state index contributed by atoms with van der Waals surface area (Å²) in [5.74, 6) is -2.02. The smallest absolute Gasteiger partial charge is 0.407 e. The van der Waals surface area contributed by atoms with Crippen LogP contribution >= 0.6 is 0 Å². The van der Waals surface area contributed by atoms with Crippen LogP contribution in [0.4, 0.5) is 4.79 Å². The number of carbonyl (C=O) groups excluding carboxylic acids is 2. The molecule has 2 aliphatic rings. The number of carboxylic acids is 1. The number of benzene rings is 2. The molecule has 0 spiro atoms. The van der Waals surface area contributed by atoms with Crippen molar-refractivity contribution in [3.8, 4) is 11.1 Å². The van der Waals surface area contributed by atoms with Crippen LogP contribution in [-0.2, 0) is 14.3 Å². The minimum absolute atomic E-state index is 0.0612. The van der Waals surface area contributed by atoms with Gasteiger partial charge in [-0.15, -0.1) is 0 Å². The van der Waals surface area contributed by atoms with Crippen LogP contribution in [0.15, 0.2) is 48.5 Å². The first kappa shape index (κ1) is 22.8. The lowest BCUT2D eigenvalue weighted by atomic mass is 9.98. The third kappa shape index (κ3) is 5.17. The summed E-state index contributed by atoms with van der Waals surface area (Å²) in [7, 11) is 0. The number of alkyl carbamates (subject to hydrolysis) is 1. The molecule has 0 bridgehead atoms. The molecular weight excluding hydrogens is 424 g/mol. The van der Waals surface area contributed by atoms with E-state index in [9.17, 15) is 24.6 Å². The van der Waals surface area contributed by atoms with Gasteiger partial charge in [0.25, 0.3) is 0 Å². The van der Waals surface area contributed by atoms with E-state index in [0.717, 1.165) is 35.1 Å². The van der Waals surface area contributed by atoms with Crippen molar-refractivity contribution >= 4 is 18.0 Å². The van der Waals surface area contributed by atoms with E-state index in [0.29, 0.717) is 6.42 Å². The normalized spacial score (nSPS) is 19.9. The van der Waals surface area contributed by atoms with Crippen molar-refractivity contribution in [2.75, 3.05) is 13.2 Å². The SMILES string of the molecule is O=C(O)CC(NC(=O)OCC1c2ccccc2-c2ccccc21)C(=O)NCC1CCCC1O. The number of carboxylic acid groups (broad SMARTS) is 1. The molecule has 0 radical (unpaired) electrons. The number of aliphatic hydroxyl groups is 1. The summed E-state index contributed by atoms with van der Waals surface area (Å²) >= 11 is 0. The fourth-order valence-electron chi connectivity index (χ4n) is 4.78. The first-order valence-electron chi connectivity index (χ1n) is 11.2. The molecule has 2 aliphatic carbocycles.